The molecule has 4 heterocycles. The third kappa shape index (κ3) is 3.43. The van der Waals surface area contributed by atoms with Crippen molar-refractivity contribution in [2.45, 2.75) is 38.8 Å². The molecule has 2 aliphatic heterocycles. The van der Waals surface area contributed by atoms with Crippen LogP contribution in [0.2, 0.25) is 0 Å². The largest absolute Gasteiger partial charge is 0.334 e. The van der Waals surface area contributed by atoms with Crippen LogP contribution in [0.4, 0.5) is 5.69 Å². The molecule has 0 saturated carbocycles. The van der Waals surface area contributed by atoms with Gasteiger partial charge >= 0.3 is 0 Å². The molecule has 0 saturated heterocycles. The summed E-state index contributed by atoms with van der Waals surface area (Å²) < 4.78 is 2.25. The molecule has 1 aromatic carbocycles. The van der Waals surface area contributed by atoms with Crippen molar-refractivity contribution in [3.63, 3.8) is 0 Å². The van der Waals surface area contributed by atoms with Gasteiger partial charge in [-0.3, -0.25) is 9.89 Å². The number of H-pyrrole nitrogens is 1. The second-order valence-corrected chi connectivity index (χ2v) is 7.18. The number of amides is 1. The Hall–Kier alpha value is -2.64. The number of hydrogen-bond acceptors (Lipinski definition) is 4. The van der Waals surface area contributed by atoms with Gasteiger partial charge in [0.05, 0.1) is 5.69 Å². The summed E-state index contributed by atoms with van der Waals surface area (Å²) in [5.41, 5.74) is 5.32. The van der Waals surface area contributed by atoms with Crippen LogP contribution in [0.15, 0.2) is 30.5 Å². The lowest BCUT2D eigenvalue weighted by atomic mass is 10.1. The maximum Gasteiger partial charge on any atom is 0.276 e. The average molecular weight is 399 g/mol. The Morgan fingerprint density at radius 1 is 1.14 bits per heavy atom. The number of imidazole rings is 1. The molecule has 8 heteroatoms. The zero-order valence-corrected chi connectivity index (χ0v) is 16.3. The summed E-state index contributed by atoms with van der Waals surface area (Å²) in [4.78, 5) is 17.4. The zero-order valence-electron chi connectivity index (χ0n) is 15.5. The summed E-state index contributed by atoms with van der Waals surface area (Å²) in [5, 5.41) is 13.4. The van der Waals surface area contributed by atoms with Crippen molar-refractivity contribution in [2.75, 3.05) is 11.9 Å². The van der Waals surface area contributed by atoms with Crippen LogP contribution in [0, 0.1) is 0 Å². The van der Waals surface area contributed by atoms with E-state index in [0.29, 0.717) is 12.2 Å². The number of carbonyl (C=O) groups excluding carboxylic acids is 1. The van der Waals surface area contributed by atoms with Crippen molar-refractivity contribution in [1.82, 2.24) is 25.1 Å². The molecular weight excluding hydrogens is 376 g/mol. The topological polar surface area (TPSA) is 87.6 Å². The minimum atomic E-state index is -0.179. The van der Waals surface area contributed by atoms with Crippen LogP contribution >= 0.6 is 12.4 Å². The van der Waals surface area contributed by atoms with Gasteiger partial charge in [0.1, 0.15) is 5.82 Å². The van der Waals surface area contributed by atoms with Gasteiger partial charge in [0.15, 0.2) is 5.69 Å². The third-order valence-corrected chi connectivity index (χ3v) is 5.37. The minimum absolute atomic E-state index is 0. The van der Waals surface area contributed by atoms with Crippen LogP contribution in [0.3, 0.4) is 0 Å². The zero-order chi connectivity index (χ0) is 18.2. The lowest BCUT2D eigenvalue weighted by Crippen LogP contribution is -2.25. The standard InChI is InChI=1S/C20H22N6O.ClH/c27-20(19-15-11-21-9-8-16(15)24-25-19)22-14-6-4-13(5-7-14)17-12-26-10-2-1-3-18(26)23-17;/h4-7,12,21H,1-3,8-11H2,(H,22,27)(H,24,25);1H. The van der Waals surface area contributed by atoms with Crippen molar-refractivity contribution in [1.29, 1.82) is 0 Å². The van der Waals surface area contributed by atoms with Crippen LogP contribution < -0.4 is 10.6 Å². The van der Waals surface area contributed by atoms with Crippen molar-refractivity contribution >= 4 is 24.0 Å². The molecule has 0 aliphatic carbocycles. The first-order valence-electron chi connectivity index (χ1n) is 9.52. The summed E-state index contributed by atoms with van der Waals surface area (Å²) in [7, 11) is 0. The number of nitrogens with zero attached hydrogens (tertiary/aromatic N) is 3. The number of carbonyl (C=O) groups is 1. The summed E-state index contributed by atoms with van der Waals surface area (Å²) in [5.74, 6) is 0.993. The number of anilines is 1. The number of nitrogens with one attached hydrogen (secondary N) is 3. The maximum atomic E-state index is 12.6. The van der Waals surface area contributed by atoms with Gasteiger partial charge in [0, 0.05) is 61.2 Å². The molecule has 2 aromatic heterocycles. The van der Waals surface area contributed by atoms with Gasteiger partial charge in [-0.05, 0) is 25.0 Å². The van der Waals surface area contributed by atoms with E-state index in [0.717, 1.165) is 54.1 Å². The Balaban J connectivity index is 0.00000192. The van der Waals surface area contributed by atoms with E-state index in [1.807, 2.05) is 24.3 Å². The predicted octanol–water partition coefficient (Wildman–Crippen LogP) is 2.93. The van der Waals surface area contributed by atoms with E-state index in [4.69, 9.17) is 4.98 Å². The highest BCUT2D eigenvalue weighted by Crippen LogP contribution is 2.24. The number of benzene rings is 1. The van der Waals surface area contributed by atoms with Crippen molar-refractivity contribution in [3.05, 3.63) is 53.2 Å². The fraction of sp³-hybridized carbons (Fsp3) is 0.350. The second kappa shape index (κ2) is 7.77. The van der Waals surface area contributed by atoms with E-state index >= 15 is 0 Å². The fourth-order valence-corrected chi connectivity index (χ4v) is 3.88. The molecule has 3 aromatic rings. The van der Waals surface area contributed by atoms with Gasteiger partial charge < -0.3 is 15.2 Å². The molecule has 5 rings (SSSR count). The third-order valence-electron chi connectivity index (χ3n) is 5.37. The summed E-state index contributed by atoms with van der Waals surface area (Å²) in [6, 6.07) is 7.85. The van der Waals surface area contributed by atoms with Crippen LogP contribution in [0.25, 0.3) is 11.3 Å². The molecule has 3 N–H and O–H groups in total. The summed E-state index contributed by atoms with van der Waals surface area (Å²) in [6.45, 7) is 2.65. The van der Waals surface area contributed by atoms with E-state index in [2.05, 4.69) is 31.6 Å². The van der Waals surface area contributed by atoms with Gasteiger partial charge in [-0.15, -0.1) is 12.4 Å². The van der Waals surface area contributed by atoms with Crippen LogP contribution in [-0.4, -0.2) is 32.2 Å². The molecule has 2 aliphatic rings. The summed E-state index contributed by atoms with van der Waals surface area (Å²) in [6.07, 6.45) is 6.50. The Bertz CT molecular complexity index is 967. The maximum absolute atomic E-state index is 12.6. The molecule has 0 fully saturated rings. The molecule has 1 amide bonds. The Labute approximate surface area is 169 Å². The number of aromatic nitrogens is 4. The minimum Gasteiger partial charge on any atom is -0.334 e. The summed E-state index contributed by atoms with van der Waals surface area (Å²) >= 11 is 0. The quantitative estimate of drug-likeness (QED) is 0.633. The van der Waals surface area contributed by atoms with Gasteiger partial charge in [0.25, 0.3) is 5.91 Å². The number of halogens is 1. The molecule has 0 unspecified atom stereocenters. The highest BCUT2D eigenvalue weighted by molar-refractivity contribution is 6.04. The highest BCUT2D eigenvalue weighted by atomic mass is 35.5. The molecule has 0 radical (unpaired) electrons. The van der Waals surface area contributed by atoms with Crippen LogP contribution in [-0.2, 0) is 25.9 Å². The highest BCUT2D eigenvalue weighted by Gasteiger charge is 2.21. The number of rotatable bonds is 3. The smallest absolute Gasteiger partial charge is 0.276 e. The fourth-order valence-electron chi connectivity index (χ4n) is 3.88. The molecule has 0 bridgehead atoms. The molecular formula is C20H23ClN6O. The van der Waals surface area contributed by atoms with Crippen molar-refractivity contribution in [2.24, 2.45) is 0 Å². The molecule has 7 nitrogen and oxygen atoms in total. The Morgan fingerprint density at radius 2 is 2.00 bits per heavy atom. The number of aryl methyl sites for hydroxylation is 2. The molecule has 146 valence electrons. The predicted molar refractivity (Wildman–Crippen MR) is 110 cm³/mol. The van der Waals surface area contributed by atoms with Crippen molar-refractivity contribution in [3.8, 4) is 11.3 Å². The van der Waals surface area contributed by atoms with E-state index in [9.17, 15) is 4.79 Å². The van der Waals surface area contributed by atoms with E-state index < -0.39 is 0 Å². The second-order valence-electron chi connectivity index (χ2n) is 7.18. The number of fused-ring (bicyclic) bond motifs is 2. The first kappa shape index (κ1) is 18.7. The Morgan fingerprint density at radius 3 is 2.82 bits per heavy atom. The van der Waals surface area contributed by atoms with Crippen molar-refractivity contribution < 1.29 is 4.79 Å². The van der Waals surface area contributed by atoms with Gasteiger partial charge in [-0.25, -0.2) is 4.98 Å². The molecule has 0 spiro atoms. The van der Waals surface area contributed by atoms with Crippen LogP contribution in [0.5, 0.6) is 0 Å². The van der Waals surface area contributed by atoms with E-state index in [1.54, 1.807) is 0 Å². The Kier molecular flexibility index (Phi) is 5.19. The SMILES string of the molecule is Cl.O=C(Nc1ccc(-c2cn3c(n2)CCCC3)cc1)c1n[nH]c2c1CNCC2. The van der Waals surface area contributed by atoms with Gasteiger partial charge in [0.2, 0.25) is 0 Å². The number of aromatic amines is 1. The van der Waals surface area contributed by atoms with E-state index in [-0.39, 0.29) is 18.3 Å². The lowest BCUT2D eigenvalue weighted by molar-refractivity contribution is 0.102. The monoisotopic (exact) mass is 398 g/mol. The van der Waals surface area contributed by atoms with Gasteiger partial charge in [-0.2, -0.15) is 5.10 Å². The van der Waals surface area contributed by atoms with Crippen LogP contribution in [0.1, 0.15) is 40.4 Å². The average Bonchev–Trinajstić information content (AvgIpc) is 3.33. The normalized spacial score (nSPS) is 15.3. The number of hydrogen-bond donors (Lipinski definition) is 3. The molecule has 28 heavy (non-hydrogen) atoms. The van der Waals surface area contributed by atoms with Gasteiger partial charge in [-0.1, -0.05) is 12.1 Å². The first-order valence-corrected chi connectivity index (χ1v) is 9.52. The first-order chi connectivity index (χ1) is 13.3. The lowest BCUT2D eigenvalue weighted by Gasteiger charge is -2.12. The molecule has 0 atom stereocenters. The van der Waals surface area contributed by atoms with E-state index in [1.165, 1.54) is 18.7 Å².